The van der Waals surface area contributed by atoms with E-state index in [0.29, 0.717) is 24.5 Å². The number of hydrogen-bond acceptors (Lipinski definition) is 5. The zero-order valence-electron chi connectivity index (χ0n) is 13.6. The number of carbonyl (C=O) groups excluding carboxylic acids is 1. The Morgan fingerprint density at radius 3 is 2.88 bits per heavy atom. The zero-order chi connectivity index (χ0) is 16.9. The molecule has 6 heteroatoms. The van der Waals surface area contributed by atoms with E-state index in [2.05, 4.69) is 5.32 Å². The topological polar surface area (TPSA) is 67.8 Å². The van der Waals surface area contributed by atoms with Crippen molar-refractivity contribution in [2.45, 2.75) is 25.5 Å². The summed E-state index contributed by atoms with van der Waals surface area (Å²) >= 11 is 1.53. The van der Waals surface area contributed by atoms with Gasteiger partial charge in [-0.3, -0.25) is 4.79 Å². The minimum Gasteiger partial charge on any atom is -0.497 e. The molecule has 0 fully saturated rings. The van der Waals surface area contributed by atoms with E-state index in [4.69, 9.17) is 9.47 Å². The maximum Gasteiger partial charge on any atom is 0.261 e. The van der Waals surface area contributed by atoms with Gasteiger partial charge in [-0.05, 0) is 35.7 Å². The highest BCUT2D eigenvalue weighted by Crippen LogP contribution is 2.28. The summed E-state index contributed by atoms with van der Waals surface area (Å²) in [7, 11) is 1.62. The smallest absolute Gasteiger partial charge is 0.261 e. The minimum absolute atomic E-state index is 0.00571. The Hall–Kier alpha value is -1.89. The van der Waals surface area contributed by atoms with E-state index in [0.717, 1.165) is 23.3 Å². The highest BCUT2D eigenvalue weighted by atomic mass is 32.1. The molecule has 1 atom stereocenters. The number of carbonyl (C=O) groups is 1. The van der Waals surface area contributed by atoms with Crippen molar-refractivity contribution in [3.8, 4) is 5.75 Å². The molecule has 1 aromatic heterocycles. The molecular formula is C18H21NO4S. The van der Waals surface area contributed by atoms with Gasteiger partial charge in [0.25, 0.3) is 5.91 Å². The summed E-state index contributed by atoms with van der Waals surface area (Å²) < 4.78 is 10.6. The van der Waals surface area contributed by atoms with Crippen LogP contribution in [0.15, 0.2) is 30.3 Å². The van der Waals surface area contributed by atoms with Crippen molar-refractivity contribution in [3.05, 3.63) is 51.2 Å². The standard InChI is InChI=1S/C18H21NO4S/c1-22-14-4-2-12(3-5-14)15(6-8-20)19-18(21)17-10-13-11-23-9-7-16(13)24-17/h2-5,10,15,20H,6-9,11H2,1H3,(H,19,21). The highest BCUT2D eigenvalue weighted by Gasteiger charge is 2.20. The van der Waals surface area contributed by atoms with Crippen molar-refractivity contribution in [2.24, 2.45) is 0 Å². The summed E-state index contributed by atoms with van der Waals surface area (Å²) in [5.41, 5.74) is 2.06. The summed E-state index contributed by atoms with van der Waals surface area (Å²) in [6.45, 7) is 1.30. The van der Waals surface area contributed by atoms with Crippen molar-refractivity contribution in [2.75, 3.05) is 20.3 Å². The molecule has 5 nitrogen and oxygen atoms in total. The summed E-state index contributed by atoms with van der Waals surface area (Å²) in [6, 6.07) is 9.21. The fourth-order valence-electron chi connectivity index (χ4n) is 2.78. The van der Waals surface area contributed by atoms with Gasteiger partial charge >= 0.3 is 0 Å². The lowest BCUT2D eigenvalue weighted by Gasteiger charge is -2.18. The Balaban J connectivity index is 1.74. The van der Waals surface area contributed by atoms with Gasteiger partial charge in [-0.1, -0.05) is 12.1 Å². The monoisotopic (exact) mass is 347 g/mol. The van der Waals surface area contributed by atoms with Gasteiger partial charge < -0.3 is 19.9 Å². The molecule has 24 heavy (non-hydrogen) atoms. The van der Waals surface area contributed by atoms with Crippen LogP contribution in [0.2, 0.25) is 0 Å². The second-order valence-corrected chi connectivity index (χ2v) is 6.81. The Kier molecular flexibility index (Phi) is 5.50. The number of rotatable bonds is 6. The van der Waals surface area contributed by atoms with E-state index in [9.17, 15) is 9.90 Å². The number of hydrogen-bond donors (Lipinski definition) is 2. The molecule has 2 N–H and O–H groups in total. The van der Waals surface area contributed by atoms with Gasteiger partial charge in [-0.2, -0.15) is 0 Å². The lowest BCUT2D eigenvalue weighted by atomic mass is 10.0. The van der Waals surface area contributed by atoms with Crippen molar-refractivity contribution in [1.82, 2.24) is 5.32 Å². The fraction of sp³-hybridized carbons (Fsp3) is 0.389. The number of thiophene rings is 1. The first-order valence-electron chi connectivity index (χ1n) is 7.96. The van der Waals surface area contributed by atoms with Gasteiger partial charge in [0.15, 0.2) is 0 Å². The Labute approximate surface area is 145 Å². The molecule has 0 aliphatic carbocycles. The number of amides is 1. The number of aliphatic hydroxyl groups is 1. The van der Waals surface area contributed by atoms with Gasteiger partial charge in [0.1, 0.15) is 5.75 Å². The highest BCUT2D eigenvalue weighted by molar-refractivity contribution is 7.14. The average Bonchev–Trinajstić information content (AvgIpc) is 3.06. The van der Waals surface area contributed by atoms with Crippen LogP contribution in [0.3, 0.4) is 0 Å². The van der Waals surface area contributed by atoms with E-state index in [1.807, 2.05) is 30.3 Å². The molecule has 2 heterocycles. The predicted octanol–water partition coefficient (Wildman–Crippen LogP) is 2.68. The predicted molar refractivity (Wildman–Crippen MR) is 92.6 cm³/mol. The third-order valence-electron chi connectivity index (χ3n) is 4.09. The first-order valence-corrected chi connectivity index (χ1v) is 8.78. The Morgan fingerprint density at radius 2 is 2.21 bits per heavy atom. The quantitative estimate of drug-likeness (QED) is 0.843. The Morgan fingerprint density at radius 1 is 1.42 bits per heavy atom. The molecule has 1 aliphatic rings. The molecular weight excluding hydrogens is 326 g/mol. The molecule has 1 aliphatic heterocycles. The number of aliphatic hydroxyl groups excluding tert-OH is 1. The molecule has 1 aromatic carbocycles. The lowest BCUT2D eigenvalue weighted by Crippen LogP contribution is -2.28. The number of methoxy groups -OCH3 is 1. The van der Waals surface area contributed by atoms with Crippen LogP contribution in [0, 0.1) is 0 Å². The van der Waals surface area contributed by atoms with Gasteiger partial charge in [0.05, 0.1) is 31.2 Å². The van der Waals surface area contributed by atoms with E-state index in [-0.39, 0.29) is 18.6 Å². The molecule has 0 saturated carbocycles. The molecule has 0 spiro atoms. The van der Waals surface area contributed by atoms with Gasteiger partial charge in [-0.15, -0.1) is 11.3 Å². The van der Waals surface area contributed by atoms with Crippen molar-refractivity contribution < 1.29 is 19.4 Å². The third kappa shape index (κ3) is 3.77. The average molecular weight is 347 g/mol. The fourth-order valence-corrected chi connectivity index (χ4v) is 3.83. The normalized spacial score (nSPS) is 14.8. The second-order valence-electron chi connectivity index (χ2n) is 5.67. The molecule has 1 unspecified atom stereocenters. The third-order valence-corrected chi connectivity index (χ3v) is 5.33. The molecule has 2 aromatic rings. The zero-order valence-corrected chi connectivity index (χ0v) is 14.4. The molecule has 0 bridgehead atoms. The number of benzene rings is 1. The summed E-state index contributed by atoms with van der Waals surface area (Å²) in [5, 5.41) is 12.4. The van der Waals surface area contributed by atoms with E-state index >= 15 is 0 Å². The number of fused-ring (bicyclic) bond motifs is 1. The molecule has 0 radical (unpaired) electrons. The van der Waals surface area contributed by atoms with Crippen LogP contribution in [-0.2, 0) is 17.8 Å². The van der Waals surface area contributed by atoms with Crippen molar-refractivity contribution in [1.29, 1.82) is 0 Å². The molecule has 128 valence electrons. The van der Waals surface area contributed by atoms with Crippen molar-refractivity contribution >= 4 is 17.2 Å². The maximum atomic E-state index is 12.6. The minimum atomic E-state index is -0.233. The lowest BCUT2D eigenvalue weighted by molar-refractivity contribution is 0.0933. The largest absolute Gasteiger partial charge is 0.497 e. The van der Waals surface area contributed by atoms with E-state index in [1.54, 1.807) is 7.11 Å². The molecule has 0 saturated heterocycles. The van der Waals surface area contributed by atoms with E-state index in [1.165, 1.54) is 16.2 Å². The van der Waals surface area contributed by atoms with Gasteiger partial charge in [0, 0.05) is 17.9 Å². The summed E-state index contributed by atoms with van der Waals surface area (Å²) in [4.78, 5) is 14.5. The van der Waals surface area contributed by atoms with E-state index < -0.39 is 0 Å². The first-order chi connectivity index (χ1) is 11.7. The number of ether oxygens (including phenoxy) is 2. The van der Waals surface area contributed by atoms with Crippen molar-refractivity contribution in [3.63, 3.8) is 0 Å². The van der Waals surface area contributed by atoms with Crippen LogP contribution in [0.5, 0.6) is 5.75 Å². The van der Waals surface area contributed by atoms with Crippen LogP contribution in [0.1, 0.15) is 38.1 Å². The number of nitrogens with one attached hydrogen (secondary N) is 1. The van der Waals surface area contributed by atoms with Crippen LogP contribution < -0.4 is 10.1 Å². The summed E-state index contributed by atoms with van der Waals surface area (Å²) in [5.74, 6) is 0.655. The van der Waals surface area contributed by atoms with Crippen LogP contribution in [0.25, 0.3) is 0 Å². The SMILES string of the molecule is COc1ccc(C(CCO)NC(=O)c2cc3c(s2)CCOC3)cc1. The second kappa shape index (κ2) is 7.79. The first kappa shape index (κ1) is 17.0. The van der Waals surface area contributed by atoms with Crippen LogP contribution >= 0.6 is 11.3 Å². The maximum absolute atomic E-state index is 12.6. The summed E-state index contributed by atoms with van der Waals surface area (Å²) in [6.07, 6.45) is 1.33. The Bertz CT molecular complexity index is 672. The van der Waals surface area contributed by atoms with Gasteiger partial charge in [0.2, 0.25) is 0 Å². The molecule has 3 rings (SSSR count). The molecule has 1 amide bonds. The van der Waals surface area contributed by atoms with Crippen LogP contribution in [-0.4, -0.2) is 31.3 Å². The van der Waals surface area contributed by atoms with Crippen LogP contribution in [0.4, 0.5) is 0 Å². The van der Waals surface area contributed by atoms with Gasteiger partial charge in [-0.25, -0.2) is 0 Å².